The number of carbonyl (C=O) groups excluding carboxylic acids is 2. The number of fused-ring (bicyclic) bond motifs is 1. The molecule has 0 spiro atoms. The van der Waals surface area contributed by atoms with Crippen LogP contribution in [0.3, 0.4) is 0 Å². The molecule has 4 rings (SSSR count). The fourth-order valence-electron chi connectivity index (χ4n) is 3.45. The van der Waals surface area contributed by atoms with E-state index in [1.54, 1.807) is 29.5 Å². The van der Waals surface area contributed by atoms with Gasteiger partial charge in [-0.15, -0.1) is 11.3 Å². The molecule has 3 nitrogen and oxygen atoms in total. The standard InChI is InChI=1S/C26H19ClFNO2S/c1-2-20(30)15-29-26(31)19-7-3-5-17(13-19)22-8-4-6-18-14-21(32-25(18)22)11-16-9-10-24(28)23(27)12-16/h2-10,12-14H,1,11,15H2,(H,29,31). The monoisotopic (exact) mass is 463 g/mol. The second-order valence-electron chi connectivity index (χ2n) is 7.30. The first-order chi connectivity index (χ1) is 15.4. The van der Waals surface area contributed by atoms with Gasteiger partial charge in [0.1, 0.15) is 5.82 Å². The maximum atomic E-state index is 13.5. The van der Waals surface area contributed by atoms with Crippen LogP contribution in [0.2, 0.25) is 5.02 Å². The number of benzene rings is 3. The van der Waals surface area contributed by atoms with E-state index in [1.807, 2.05) is 36.4 Å². The predicted octanol–water partition coefficient (Wildman–Crippen LogP) is 6.44. The molecule has 0 fully saturated rings. The summed E-state index contributed by atoms with van der Waals surface area (Å²) >= 11 is 7.59. The molecular formula is C26H19ClFNO2S. The van der Waals surface area contributed by atoms with Crippen molar-refractivity contribution in [3.05, 3.63) is 106 Å². The number of nitrogens with one attached hydrogen (secondary N) is 1. The van der Waals surface area contributed by atoms with Gasteiger partial charge >= 0.3 is 0 Å². The van der Waals surface area contributed by atoms with E-state index >= 15 is 0 Å². The van der Waals surface area contributed by atoms with Gasteiger partial charge in [-0.05, 0) is 58.5 Å². The van der Waals surface area contributed by atoms with E-state index in [1.165, 1.54) is 12.1 Å². The second-order valence-corrected chi connectivity index (χ2v) is 8.84. The third-order valence-corrected chi connectivity index (χ3v) is 6.52. The number of amides is 1. The lowest BCUT2D eigenvalue weighted by molar-refractivity contribution is -0.113. The molecule has 0 unspecified atom stereocenters. The first-order valence-corrected chi connectivity index (χ1v) is 11.1. The number of ketones is 1. The number of halogens is 2. The summed E-state index contributed by atoms with van der Waals surface area (Å²) in [6.45, 7) is 3.33. The molecule has 0 radical (unpaired) electrons. The van der Waals surface area contributed by atoms with E-state index in [4.69, 9.17) is 11.6 Å². The lowest BCUT2D eigenvalue weighted by Gasteiger charge is -2.07. The van der Waals surface area contributed by atoms with Crippen LogP contribution in [0.1, 0.15) is 20.8 Å². The molecule has 1 heterocycles. The normalized spacial score (nSPS) is 10.8. The predicted molar refractivity (Wildman–Crippen MR) is 129 cm³/mol. The van der Waals surface area contributed by atoms with Crippen LogP contribution in [0, 0.1) is 5.82 Å². The molecule has 0 saturated heterocycles. The van der Waals surface area contributed by atoms with Crippen LogP contribution in [-0.2, 0) is 11.2 Å². The van der Waals surface area contributed by atoms with Gasteiger partial charge in [0, 0.05) is 21.6 Å². The minimum absolute atomic E-state index is 0.0795. The van der Waals surface area contributed by atoms with Gasteiger partial charge in [0.25, 0.3) is 5.91 Å². The second kappa shape index (κ2) is 9.47. The molecule has 0 bridgehead atoms. The molecule has 160 valence electrons. The van der Waals surface area contributed by atoms with Gasteiger partial charge in [-0.2, -0.15) is 0 Å². The maximum Gasteiger partial charge on any atom is 0.251 e. The molecule has 0 aliphatic carbocycles. The number of thiophene rings is 1. The average molecular weight is 464 g/mol. The quantitative estimate of drug-likeness (QED) is 0.321. The van der Waals surface area contributed by atoms with E-state index in [0.717, 1.165) is 31.7 Å². The van der Waals surface area contributed by atoms with Gasteiger partial charge in [0.2, 0.25) is 0 Å². The Bertz CT molecular complexity index is 1340. The summed E-state index contributed by atoms with van der Waals surface area (Å²) in [7, 11) is 0. The third-order valence-electron chi connectivity index (χ3n) is 5.04. The lowest BCUT2D eigenvalue weighted by atomic mass is 10.0. The molecule has 1 N–H and O–H groups in total. The Morgan fingerprint density at radius 1 is 1.06 bits per heavy atom. The summed E-state index contributed by atoms with van der Waals surface area (Å²) in [6.07, 6.45) is 1.84. The van der Waals surface area contributed by atoms with Crippen molar-refractivity contribution < 1.29 is 14.0 Å². The molecule has 0 aliphatic rings. The Hall–Kier alpha value is -3.28. The number of hydrogen-bond donors (Lipinski definition) is 1. The smallest absolute Gasteiger partial charge is 0.251 e. The molecule has 3 aromatic carbocycles. The Kier molecular flexibility index (Phi) is 6.49. The van der Waals surface area contributed by atoms with Crippen molar-refractivity contribution >= 4 is 44.7 Å². The third kappa shape index (κ3) is 4.79. The Morgan fingerprint density at radius 3 is 2.66 bits per heavy atom. The summed E-state index contributed by atoms with van der Waals surface area (Å²) in [6, 6.07) is 20.3. The highest BCUT2D eigenvalue weighted by molar-refractivity contribution is 7.19. The summed E-state index contributed by atoms with van der Waals surface area (Å²) in [5.74, 6) is -0.978. The van der Waals surface area contributed by atoms with Crippen molar-refractivity contribution in [1.82, 2.24) is 5.32 Å². The summed E-state index contributed by atoms with van der Waals surface area (Å²) in [5, 5.41) is 3.83. The molecule has 0 atom stereocenters. The molecule has 4 aromatic rings. The van der Waals surface area contributed by atoms with Gasteiger partial charge in [-0.1, -0.05) is 54.6 Å². The summed E-state index contributed by atoms with van der Waals surface area (Å²) in [5.41, 5.74) is 3.36. The van der Waals surface area contributed by atoms with E-state index in [9.17, 15) is 14.0 Å². The molecule has 0 aliphatic heterocycles. The van der Waals surface area contributed by atoms with Gasteiger partial charge in [0.05, 0.1) is 11.6 Å². The molecule has 6 heteroatoms. The highest BCUT2D eigenvalue weighted by Gasteiger charge is 2.12. The Morgan fingerprint density at radius 2 is 1.88 bits per heavy atom. The summed E-state index contributed by atoms with van der Waals surface area (Å²) in [4.78, 5) is 25.0. The van der Waals surface area contributed by atoms with Crippen molar-refractivity contribution in [2.75, 3.05) is 6.54 Å². The first kappa shape index (κ1) is 21.9. The van der Waals surface area contributed by atoms with Gasteiger partial charge < -0.3 is 5.32 Å². The Labute approximate surface area is 194 Å². The van der Waals surface area contributed by atoms with Gasteiger partial charge in [0.15, 0.2) is 5.78 Å². The van der Waals surface area contributed by atoms with Crippen LogP contribution < -0.4 is 5.32 Å². The number of hydrogen-bond acceptors (Lipinski definition) is 3. The minimum atomic E-state index is -0.424. The molecule has 1 aromatic heterocycles. The highest BCUT2D eigenvalue weighted by Crippen LogP contribution is 2.36. The molecule has 0 saturated carbocycles. The van der Waals surface area contributed by atoms with Crippen LogP contribution in [0.5, 0.6) is 0 Å². The minimum Gasteiger partial charge on any atom is -0.345 e. The first-order valence-electron chi connectivity index (χ1n) is 9.94. The van der Waals surface area contributed by atoms with Crippen LogP contribution in [0.25, 0.3) is 21.2 Å². The zero-order chi connectivity index (χ0) is 22.7. The average Bonchev–Trinajstić information content (AvgIpc) is 3.22. The van der Waals surface area contributed by atoms with Gasteiger partial charge in [-0.25, -0.2) is 4.39 Å². The van der Waals surface area contributed by atoms with E-state index < -0.39 is 5.82 Å². The lowest BCUT2D eigenvalue weighted by Crippen LogP contribution is -2.28. The number of rotatable bonds is 7. The van der Waals surface area contributed by atoms with E-state index in [2.05, 4.69) is 18.0 Å². The van der Waals surface area contributed by atoms with E-state index in [-0.39, 0.29) is 23.3 Å². The topological polar surface area (TPSA) is 46.2 Å². The SMILES string of the molecule is C=CC(=O)CNC(=O)c1cccc(-c2cccc3cc(Cc4ccc(F)c(Cl)c4)sc23)c1. The van der Waals surface area contributed by atoms with Crippen molar-refractivity contribution in [2.45, 2.75) is 6.42 Å². The van der Waals surface area contributed by atoms with Crippen LogP contribution in [-0.4, -0.2) is 18.2 Å². The van der Waals surface area contributed by atoms with Gasteiger partial charge in [-0.3, -0.25) is 9.59 Å². The fourth-order valence-corrected chi connectivity index (χ4v) is 4.88. The Balaban J connectivity index is 1.63. The largest absolute Gasteiger partial charge is 0.345 e. The molecular weight excluding hydrogens is 445 g/mol. The van der Waals surface area contributed by atoms with Crippen LogP contribution >= 0.6 is 22.9 Å². The number of carbonyl (C=O) groups is 2. The highest BCUT2D eigenvalue weighted by atomic mass is 35.5. The summed E-state index contributed by atoms with van der Waals surface area (Å²) < 4.78 is 14.6. The molecule has 32 heavy (non-hydrogen) atoms. The van der Waals surface area contributed by atoms with Crippen molar-refractivity contribution in [3.8, 4) is 11.1 Å². The van der Waals surface area contributed by atoms with E-state index in [0.29, 0.717) is 12.0 Å². The molecule has 1 amide bonds. The zero-order valence-corrected chi connectivity index (χ0v) is 18.6. The van der Waals surface area contributed by atoms with Crippen LogP contribution in [0.15, 0.2) is 79.4 Å². The zero-order valence-electron chi connectivity index (χ0n) is 17.0. The van der Waals surface area contributed by atoms with Crippen molar-refractivity contribution in [2.24, 2.45) is 0 Å². The van der Waals surface area contributed by atoms with Crippen molar-refractivity contribution in [1.29, 1.82) is 0 Å². The van der Waals surface area contributed by atoms with Crippen LogP contribution in [0.4, 0.5) is 4.39 Å². The fraction of sp³-hybridized carbons (Fsp3) is 0.0769. The van der Waals surface area contributed by atoms with Crippen molar-refractivity contribution in [3.63, 3.8) is 0 Å². The maximum absolute atomic E-state index is 13.5.